The van der Waals surface area contributed by atoms with Crippen LogP contribution >= 0.6 is 0 Å². The number of carbonyl (C=O) groups is 1. The molecule has 0 radical (unpaired) electrons. The summed E-state index contributed by atoms with van der Waals surface area (Å²) in [4.78, 5) is 12.8. The minimum Gasteiger partial charge on any atom is -0.486 e. The molecular formula is C26H33FN2O3. The van der Waals surface area contributed by atoms with Gasteiger partial charge < -0.3 is 20.1 Å². The highest BCUT2D eigenvalue weighted by atomic mass is 19.1. The highest BCUT2D eigenvalue weighted by molar-refractivity contribution is 5.89. The Kier molecular flexibility index (Phi) is 7.51. The number of hydrogen-bond acceptors (Lipinski definition) is 3. The molecule has 2 amide bonds. The van der Waals surface area contributed by atoms with Crippen molar-refractivity contribution < 1.29 is 18.7 Å². The second-order valence-electron chi connectivity index (χ2n) is 8.99. The number of ether oxygens (including phenoxy) is 2. The van der Waals surface area contributed by atoms with Crippen molar-refractivity contribution in [1.82, 2.24) is 5.32 Å². The SMILES string of the molecule is CC(c1ccc2c(c1)OCCO2)C(CCC1CCCCC1)NC(=O)Nc1ccc(F)cc1. The summed E-state index contributed by atoms with van der Waals surface area (Å²) in [5.74, 6) is 2.05. The van der Waals surface area contributed by atoms with E-state index in [9.17, 15) is 9.18 Å². The first-order chi connectivity index (χ1) is 15.6. The first kappa shape index (κ1) is 22.4. The van der Waals surface area contributed by atoms with Crippen LogP contribution in [-0.4, -0.2) is 25.3 Å². The van der Waals surface area contributed by atoms with Gasteiger partial charge in [0.15, 0.2) is 11.5 Å². The molecule has 0 saturated heterocycles. The molecule has 32 heavy (non-hydrogen) atoms. The van der Waals surface area contributed by atoms with Crippen molar-refractivity contribution in [1.29, 1.82) is 0 Å². The fourth-order valence-electron chi connectivity index (χ4n) is 4.78. The number of fused-ring (bicyclic) bond motifs is 1. The minimum absolute atomic E-state index is 0.0278. The average Bonchev–Trinajstić information content (AvgIpc) is 2.83. The molecule has 2 N–H and O–H groups in total. The summed E-state index contributed by atoms with van der Waals surface area (Å²) in [6.07, 6.45) is 8.55. The molecule has 6 heteroatoms. The van der Waals surface area contributed by atoms with Crippen molar-refractivity contribution in [2.75, 3.05) is 18.5 Å². The summed E-state index contributed by atoms with van der Waals surface area (Å²) in [7, 11) is 0. The van der Waals surface area contributed by atoms with E-state index in [0.717, 1.165) is 35.8 Å². The van der Waals surface area contributed by atoms with Crippen molar-refractivity contribution in [2.24, 2.45) is 5.92 Å². The number of carbonyl (C=O) groups excluding carboxylic acids is 1. The standard InChI is InChI=1S/C26H33FN2O3/c1-18(20-8-14-24-25(17-20)32-16-15-31-24)23(13-7-19-5-3-2-4-6-19)29-26(30)28-22-11-9-21(27)10-12-22/h8-12,14,17-19,23H,2-7,13,15-16H2,1H3,(H2,28,29,30). The summed E-state index contributed by atoms with van der Waals surface area (Å²) in [6.45, 7) is 3.26. The van der Waals surface area contributed by atoms with E-state index in [0.29, 0.717) is 18.9 Å². The molecule has 1 saturated carbocycles. The zero-order valence-electron chi connectivity index (χ0n) is 18.7. The van der Waals surface area contributed by atoms with Gasteiger partial charge in [-0.1, -0.05) is 45.1 Å². The van der Waals surface area contributed by atoms with E-state index in [1.807, 2.05) is 12.1 Å². The van der Waals surface area contributed by atoms with Gasteiger partial charge in [0.2, 0.25) is 0 Å². The minimum atomic E-state index is -0.325. The smallest absolute Gasteiger partial charge is 0.319 e. The molecule has 5 nitrogen and oxygen atoms in total. The van der Waals surface area contributed by atoms with E-state index < -0.39 is 0 Å². The van der Waals surface area contributed by atoms with Gasteiger partial charge in [-0.25, -0.2) is 9.18 Å². The maximum absolute atomic E-state index is 13.2. The van der Waals surface area contributed by atoms with E-state index in [4.69, 9.17) is 9.47 Å². The number of rotatable bonds is 7. The van der Waals surface area contributed by atoms with Crippen LogP contribution in [0, 0.1) is 11.7 Å². The van der Waals surface area contributed by atoms with E-state index in [1.54, 1.807) is 12.1 Å². The predicted octanol–water partition coefficient (Wildman–Crippen LogP) is 6.25. The predicted molar refractivity (Wildman–Crippen MR) is 124 cm³/mol. The lowest BCUT2D eigenvalue weighted by Gasteiger charge is -2.29. The Morgan fingerprint density at radius 3 is 2.50 bits per heavy atom. The normalized spacial score (nSPS) is 17.9. The number of urea groups is 1. The Bertz CT molecular complexity index is 896. The molecule has 2 unspecified atom stereocenters. The van der Waals surface area contributed by atoms with Crippen molar-refractivity contribution in [3.05, 3.63) is 53.8 Å². The van der Waals surface area contributed by atoms with Gasteiger partial charge in [0.05, 0.1) is 0 Å². The van der Waals surface area contributed by atoms with Gasteiger partial charge in [0.1, 0.15) is 19.0 Å². The van der Waals surface area contributed by atoms with Crippen LogP contribution in [0.3, 0.4) is 0 Å². The highest BCUT2D eigenvalue weighted by Gasteiger charge is 2.25. The monoisotopic (exact) mass is 440 g/mol. The molecule has 0 spiro atoms. The van der Waals surface area contributed by atoms with Crippen molar-refractivity contribution in [3.8, 4) is 11.5 Å². The largest absolute Gasteiger partial charge is 0.486 e. The summed E-state index contributed by atoms with van der Waals surface area (Å²) in [5.41, 5.74) is 1.69. The zero-order valence-corrected chi connectivity index (χ0v) is 18.7. The molecule has 0 bridgehead atoms. The maximum Gasteiger partial charge on any atom is 0.319 e. The molecule has 1 heterocycles. The lowest BCUT2D eigenvalue weighted by Crippen LogP contribution is -2.41. The van der Waals surface area contributed by atoms with E-state index in [2.05, 4.69) is 23.6 Å². The second-order valence-corrected chi connectivity index (χ2v) is 8.99. The molecule has 2 atom stereocenters. The van der Waals surface area contributed by atoms with Gasteiger partial charge in [-0.3, -0.25) is 0 Å². The molecule has 1 aliphatic heterocycles. The van der Waals surface area contributed by atoms with Gasteiger partial charge in [-0.2, -0.15) is 0 Å². The highest BCUT2D eigenvalue weighted by Crippen LogP contribution is 2.35. The Hall–Kier alpha value is -2.76. The molecule has 0 aromatic heterocycles. The fraction of sp³-hybridized carbons (Fsp3) is 0.500. The number of benzene rings is 2. The van der Waals surface area contributed by atoms with Gasteiger partial charge >= 0.3 is 6.03 Å². The lowest BCUT2D eigenvalue weighted by molar-refractivity contribution is 0.171. The summed E-state index contributed by atoms with van der Waals surface area (Å²) in [6, 6.07) is 11.6. The molecule has 1 fully saturated rings. The Morgan fingerprint density at radius 2 is 1.75 bits per heavy atom. The zero-order chi connectivity index (χ0) is 22.3. The summed E-state index contributed by atoms with van der Waals surface area (Å²) >= 11 is 0. The third kappa shape index (κ3) is 5.93. The quantitative estimate of drug-likeness (QED) is 0.535. The third-order valence-corrected chi connectivity index (χ3v) is 6.72. The van der Waals surface area contributed by atoms with Crippen molar-refractivity contribution in [3.63, 3.8) is 0 Å². The van der Waals surface area contributed by atoms with Crippen LogP contribution in [0.2, 0.25) is 0 Å². The lowest BCUT2D eigenvalue weighted by atomic mass is 9.82. The molecule has 2 aromatic carbocycles. The Morgan fingerprint density at radius 1 is 1.03 bits per heavy atom. The summed E-state index contributed by atoms with van der Waals surface area (Å²) in [5, 5.41) is 6.01. The van der Waals surface area contributed by atoms with Gasteiger partial charge in [0, 0.05) is 17.6 Å². The van der Waals surface area contributed by atoms with Crippen LogP contribution in [0.25, 0.3) is 0 Å². The van der Waals surface area contributed by atoms with Crippen LogP contribution in [0.4, 0.5) is 14.9 Å². The average molecular weight is 441 g/mol. The van der Waals surface area contributed by atoms with Gasteiger partial charge in [-0.15, -0.1) is 0 Å². The number of nitrogens with one attached hydrogen (secondary N) is 2. The number of hydrogen-bond donors (Lipinski definition) is 2. The molecule has 1 aliphatic carbocycles. The fourth-order valence-corrected chi connectivity index (χ4v) is 4.78. The number of amides is 2. The van der Waals surface area contributed by atoms with E-state index in [-0.39, 0.29) is 23.8 Å². The van der Waals surface area contributed by atoms with Crippen LogP contribution in [0.1, 0.15) is 63.4 Å². The second kappa shape index (κ2) is 10.7. The number of anilines is 1. The topological polar surface area (TPSA) is 59.6 Å². The van der Waals surface area contributed by atoms with E-state index in [1.165, 1.54) is 44.2 Å². The third-order valence-electron chi connectivity index (χ3n) is 6.72. The molecule has 172 valence electrons. The Balaban J connectivity index is 1.45. The molecule has 4 rings (SSSR count). The maximum atomic E-state index is 13.2. The van der Waals surface area contributed by atoms with Crippen LogP contribution in [0.15, 0.2) is 42.5 Å². The van der Waals surface area contributed by atoms with Crippen LogP contribution < -0.4 is 20.1 Å². The first-order valence-corrected chi connectivity index (χ1v) is 11.8. The van der Waals surface area contributed by atoms with Gasteiger partial charge in [0.25, 0.3) is 0 Å². The van der Waals surface area contributed by atoms with Crippen LogP contribution in [-0.2, 0) is 0 Å². The molecule has 2 aliphatic rings. The first-order valence-electron chi connectivity index (χ1n) is 11.8. The van der Waals surface area contributed by atoms with Gasteiger partial charge in [-0.05, 0) is 60.7 Å². The molecule has 2 aromatic rings. The van der Waals surface area contributed by atoms with Crippen LogP contribution in [0.5, 0.6) is 11.5 Å². The molecular weight excluding hydrogens is 407 g/mol. The Labute approximate surface area is 189 Å². The van der Waals surface area contributed by atoms with Crippen molar-refractivity contribution >= 4 is 11.7 Å². The van der Waals surface area contributed by atoms with E-state index >= 15 is 0 Å². The van der Waals surface area contributed by atoms with Crippen molar-refractivity contribution in [2.45, 2.75) is 63.8 Å². The number of halogens is 1. The summed E-state index contributed by atoms with van der Waals surface area (Å²) < 4.78 is 24.6.